The van der Waals surface area contributed by atoms with E-state index in [1.165, 1.54) is 29.1 Å². The minimum absolute atomic E-state index is 0.0261. The van der Waals surface area contributed by atoms with Crippen LogP contribution in [-0.2, 0) is 19.6 Å². The number of fused-ring (bicyclic) bond motifs is 1. The highest BCUT2D eigenvalue weighted by Crippen LogP contribution is 2.34. The fourth-order valence-electron chi connectivity index (χ4n) is 3.34. The third-order valence-electron chi connectivity index (χ3n) is 4.69. The third kappa shape index (κ3) is 4.62. The van der Waals surface area contributed by atoms with Crippen molar-refractivity contribution in [2.24, 2.45) is 0 Å². The Morgan fingerprint density at radius 2 is 2.03 bits per heavy atom. The molecule has 4 rings (SSSR count). The average Bonchev–Trinajstić information content (AvgIpc) is 3.26. The molecular formula is C20H14ClF4N5O. The van der Waals surface area contributed by atoms with Gasteiger partial charge in [-0.3, -0.25) is 9.88 Å². The van der Waals surface area contributed by atoms with E-state index in [1.807, 2.05) is 11.0 Å². The van der Waals surface area contributed by atoms with E-state index in [0.717, 1.165) is 17.5 Å². The second-order valence-electron chi connectivity index (χ2n) is 6.97. The Balaban J connectivity index is 1.54. The molecule has 1 aliphatic rings. The molecule has 0 saturated carbocycles. The van der Waals surface area contributed by atoms with E-state index < -0.39 is 18.6 Å². The maximum absolute atomic E-state index is 13.4. The van der Waals surface area contributed by atoms with Crippen LogP contribution in [0, 0.1) is 17.1 Å². The van der Waals surface area contributed by atoms with E-state index in [9.17, 15) is 22.8 Å². The van der Waals surface area contributed by atoms with Crippen LogP contribution in [0.4, 0.5) is 17.6 Å². The summed E-state index contributed by atoms with van der Waals surface area (Å²) in [5.74, 6) is -0.505. The van der Waals surface area contributed by atoms with Gasteiger partial charge in [0.05, 0.1) is 34.4 Å². The molecule has 0 atom stereocenters. The van der Waals surface area contributed by atoms with Crippen molar-refractivity contribution in [3.8, 4) is 17.5 Å². The molecule has 160 valence electrons. The van der Waals surface area contributed by atoms with Gasteiger partial charge in [-0.15, -0.1) is 0 Å². The molecule has 0 N–H and O–H groups in total. The Labute approximate surface area is 179 Å². The van der Waals surface area contributed by atoms with Crippen molar-refractivity contribution in [2.45, 2.75) is 25.8 Å². The van der Waals surface area contributed by atoms with E-state index in [2.05, 4.69) is 10.1 Å². The molecule has 6 nitrogen and oxygen atoms in total. The lowest BCUT2D eigenvalue weighted by molar-refractivity contribution is -0.153. The van der Waals surface area contributed by atoms with Gasteiger partial charge in [0.15, 0.2) is 6.61 Å². The number of hydrogen-bond donors (Lipinski definition) is 0. The normalized spacial score (nSPS) is 13.8. The van der Waals surface area contributed by atoms with Crippen molar-refractivity contribution in [3.63, 3.8) is 0 Å². The second-order valence-corrected chi connectivity index (χ2v) is 7.35. The van der Waals surface area contributed by atoms with Crippen molar-refractivity contribution >= 4 is 11.6 Å². The summed E-state index contributed by atoms with van der Waals surface area (Å²) in [7, 11) is 0. The summed E-state index contributed by atoms with van der Waals surface area (Å²) < 4.78 is 57.7. The van der Waals surface area contributed by atoms with E-state index in [-0.39, 0.29) is 22.9 Å². The first-order valence-corrected chi connectivity index (χ1v) is 9.43. The number of ether oxygens (including phenoxy) is 1. The van der Waals surface area contributed by atoms with Crippen LogP contribution in [0.2, 0.25) is 5.02 Å². The van der Waals surface area contributed by atoms with Crippen molar-refractivity contribution in [2.75, 3.05) is 6.61 Å². The number of aromatic nitrogens is 3. The summed E-state index contributed by atoms with van der Waals surface area (Å²) in [4.78, 5) is 5.71. The highest BCUT2D eigenvalue weighted by molar-refractivity contribution is 6.32. The molecule has 0 bridgehead atoms. The van der Waals surface area contributed by atoms with Crippen molar-refractivity contribution < 1.29 is 22.3 Å². The number of nitriles is 1. The largest absolute Gasteiger partial charge is 0.484 e. The number of benzene rings is 1. The molecule has 2 aromatic heterocycles. The summed E-state index contributed by atoms with van der Waals surface area (Å²) >= 11 is 6.28. The van der Waals surface area contributed by atoms with E-state index in [1.54, 1.807) is 6.20 Å². The molecule has 0 amide bonds. The number of pyridine rings is 1. The monoisotopic (exact) mass is 451 g/mol. The SMILES string of the molecule is N#Cc1ccc(OCC(F)(F)F)c(CN2Cc3cn(-c4cncc(F)c4)nc3C2)c1Cl. The first kappa shape index (κ1) is 21.1. The summed E-state index contributed by atoms with van der Waals surface area (Å²) in [5, 5.41) is 13.7. The van der Waals surface area contributed by atoms with Crippen LogP contribution in [0.3, 0.4) is 0 Å². The van der Waals surface area contributed by atoms with Crippen molar-refractivity contribution in [3.05, 3.63) is 70.0 Å². The van der Waals surface area contributed by atoms with Crippen LogP contribution in [-0.4, -0.2) is 32.4 Å². The van der Waals surface area contributed by atoms with Gasteiger partial charge in [-0.1, -0.05) is 11.6 Å². The lowest BCUT2D eigenvalue weighted by atomic mass is 10.1. The van der Waals surface area contributed by atoms with Gasteiger partial charge in [-0.2, -0.15) is 23.5 Å². The van der Waals surface area contributed by atoms with Crippen LogP contribution in [0.25, 0.3) is 5.69 Å². The highest BCUT2D eigenvalue weighted by Gasteiger charge is 2.30. The van der Waals surface area contributed by atoms with Crippen LogP contribution in [0.15, 0.2) is 36.8 Å². The van der Waals surface area contributed by atoms with Gasteiger partial charge >= 0.3 is 6.18 Å². The van der Waals surface area contributed by atoms with Crippen LogP contribution < -0.4 is 4.74 Å². The molecule has 3 heterocycles. The lowest BCUT2D eigenvalue weighted by Crippen LogP contribution is -2.22. The lowest BCUT2D eigenvalue weighted by Gasteiger charge is -2.20. The molecule has 1 aliphatic heterocycles. The van der Waals surface area contributed by atoms with Gasteiger partial charge in [-0.25, -0.2) is 9.07 Å². The van der Waals surface area contributed by atoms with Gasteiger partial charge in [-0.05, 0) is 12.1 Å². The molecule has 1 aromatic carbocycles. The van der Waals surface area contributed by atoms with Gasteiger partial charge in [0.1, 0.15) is 17.6 Å². The molecule has 0 fully saturated rings. The van der Waals surface area contributed by atoms with Gasteiger partial charge in [0.25, 0.3) is 0 Å². The molecular weight excluding hydrogens is 438 g/mol. The van der Waals surface area contributed by atoms with Crippen LogP contribution >= 0.6 is 11.6 Å². The van der Waals surface area contributed by atoms with Crippen molar-refractivity contribution in [1.82, 2.24) is 19.7 Å². The Kier molecular flexibility index (Phi) is 5.56. The zero-order chi connectivity index (χ0) is 22.2. The molecule has 0 spiro atoms. The first-order chi connectivity index (χ1) is 14.7. The highest BCUT2D eigenvalue weighted by atomic mass is 35.5. The summed E-state index contributed by atoms with van der Waals surface area (Å²) in [6.45, 7) is -0.447. The number of nitrogens with zero attached hydrogens (tertiary/aromatic N) is 5. The maximum Gasteiger partial charge on any atom is 0.422 e. The molecule has 3 aromatic rings. The predicted octanol–water partition coefficient (Wildman–Crippen LogP) is 4.39. The molecule has 0 radical (unpaired) electrons. The fraction of sp³-hybridized carbons (Fsp3) is 0.250. The van der Waals surface area contributed by atoms with Crippen molar-refractivity contribution in [1.29, 1.82) is 5.26 Å². The average molecular weight is 452 g/mol. The molecule has 31 heavy (non-hydrogen) atoms. The molecule has 11 heteroatoms. The van der Waals surface area contributed by atoms with Crippen LogP contribution in [0.5, 0.6) is 5.75 Å². The first-order valence-electron chi connectivity index (χ1n) is 9.05. The second kappa shape index (κ2) is 8.17. The van der Waals surface area contributed by atoms with E-state index in [4.69, 9.17) is 16.3 Å². The number of halogens is 5. The summed E-state index contributed by atoms with van der Waals surface area (Å²) in [6, 6.07) is 5.88. The Morgan fingerprint density at radius 1 is 1.23 bits per heavy atom. The topological polar surface area (TPSA) is 67.0 Å². The van der Waals surface area contributed by atoms with Gasteiger partial charge in [0, 0.05) is 43.0 Å². The standard InChI is InChI=1S/C20H14ClF4N5O/c21-19-12(4-26)1-2-18(31-11-20(23,24)25)16(19)9-29-7-13-8-30(28-17(13)10-29)15-3-14(22)5-27-6-15/h1-3,5-6,8H,7,9-11H2. The molecule has 0 unspecified atom stereocenters. The van der Waals surface area contributed by atoms with Gasteiger partial charge in [0.2, 0.25) is 0 Å². The predicted molar refractivity (Wildman–Crippen MR) is 102 cm³/mol. The molecule has 0 saturated heterocycles. The Morgan fingerprint density at radius 3 is 2.71 bits per heavy atom. The minimum atomic E-state index is -4.50. The maximum atomic E-state index is 13.4. The summed E-state index contributed by atoms with van der Waals surface area (Å²) in [5.41, 5.74) is 2.56. The summed E-state index contributed by atoms with van der Waals surface area (Å²) in [6.07, 6.45) is -0.169. The number of alkyl halides is 3. The molecule has 0 aliphatic carbocycles. The Hall–Kier alpha value is -3.16. The zero-order valence-electron chi connectivity index (χ0n) is 15.8. The Bertz CT molecular complexity index is 1150. The van der Waals surface area contributed by atoms with E-state index in [0.29, 0.717) is 24.3 Å². The zero-order valence-corrected chi connectivity index (χ0v) is 16.6. The minimum Gasteiger partial charge on any atom is -0.484 e. The van der Waals surface area contributed by atoms with Crippen LogP contribution in [0.1, 0.15) is 22.4 Å². The third-order valence-corrected chi connectivity index (χ3v) is 5.12. The smallest absolute Gasteiger partial charge is 0.422 e. The van der Waals surface area contributed by atoms with Gasteiger partial charge < -0.3 is 4.74 Å². The number of rotatable bonds is 5. The number of hydrogen-bond acceptors (Lipinski definition) is 5. The van der Waals surface area contributed by atoms with E-state index >= 15 is 0 Å². The fourth-order valence-corrected chi connectivity index (χ4v) is 3.60. The quantitative estimate of drug-likeness (QED) is 0.538.